The van der Waals surface area contributed by atoms with Gasteiger partial charge in [-0.15, -0.1) is 0 Å². The lowest BCUT2D eigenvalue weighted by molar-refractivity contribution is 0.414. The van der Waals surface area contributed by atoms with Crippen molar-refractivity contribution in [3.05, 3.63) is 76.6 Å². The quantitative estimate of drug-likeness (QED) is 0.578. The first-order chi connectivity index (χ1) is 14.2. The number of rotatable bonds is 6. The Balaban J connectivity index is 1.53. The Kier molecular flexibility index (Phi) is 5.53. The highest BCUT2D eigenvalue weighted by atomic mass is 32.2. The lowest BCUT2D eigenvalue weighted by atomic mass is 10.1. The monoisotopic (exact) mass is 409 g/mol. The molecule has 4 rings (SSSR count). The predicted molar refractivity (Wildman–Crippen MR) is 112 cm³/mol. The van der Waals surface area contributed by atoms with Crippen molar-refractivity contribution in [2.45, 2.75) is 11.9 Å². The predicted octanol–water partition coefficient (Wildman–Crippen LogP) is 3.70. The van der Waals surface area contributed by atoms with Crippen LogP contribution in [0.2, 0.25) is 0 Å². The van der Waals surface area contributed by atoms with Gasteiger partial charge in [0, 0.05) is 11.6 Å². The van der Waals surface area contributed by atoms with Gasteiger partial charge >= 0.3 is 0 Å². The number of hydrogen-bond acceptors (Lipinski definition) is 7. The second-order valence-corrected chi connectivity index (χ2v) is 7.08. The summed E-state index contributed by atoms with van der Waals surface area (Å²) in [6, 6.07) is 18.4. The zero-order valence-electron chi connectivity index (χ0n) is 15.9. The number of nitrogens with zero attached hydrogens (tertiary/aromatic N) is 3. The largest absolute Gasteiger partial charge is 0.497 e. The molecular formula is C21H19N3O4S. The standard InChI is InChI=1S/C21H19N3O4S/c1-26-16-7-3-14(4-8-16)18-11-12-20(25)24(23-18)13-19-22-21(29-28-19)15-5-9-17(27-2)10-6-15/h3-12,21H,13H2,1-2H3. The minimum absolute atomic E-state index is 0.169. The van der Waals surface area contributed by atoms with Crippen LogP contribution in [-0.4, -0.2) is 29.9 Å². The Hall–Kier alpha value is -3.26. The minimum atomic E-state index is -0.216. The zero-order chi connectivity index (χ0) is 20.2. The minimum Gasteiger partial charge on any atom is -0.497 e. The summed E-state index contributed by atoms with van der Waals surface area (Å²) >= 11 is 1.25. The van der Waals surface area contributed by atoms with Gasteiger partial charge < -0.3 is 13.7 Å². The van der Waals surface area contributed by atoms with E-state index in [9.17, 15) is 4.79 Å². The molecule has 1 atom stereocenters. The topological polar surface area (TPSA) is 74.9 Å². The van der Waals surface area contributed by atoms with Gasteiger partial charge in [0.2, 0.25) is 5.90 Å². The normalized spacial score (nSPS) is 15.5. The first kappa shape index (κ1) is 19.1. The highest BCUT2D eigenvalue weighted by Gasteiger charge is 2.23. The van der Waals surface area contributed by atoms with Crippen LogP contribution in [0.4, 0.5) is 0 Å². The first-order valence-corrected chi connectivity index (χ1v) is 9.73. The van der Waals surface area contributed by atoms with Crippen molar-refractivity contribution in [1.82, 2.24) is 9.78 Å². The van der Waals surface area contributed by atoms with E-state index in [1.807, 2.05) is 48.5 Å². The van der Waals surface area contributed by atoms with Gasteiger partial charge in [-0.25, -0.2) is 9.67 Å². The fourth-order valence-electron chi connectivity index (χ4n) is 2.85. The molecule has 0 spiro atoms. The molecule has 29 heavy (non-hydrogen) atoms. The van der Waals surface area contributed by atoms with Gasteiger partial charge in [0.1, 0.15) is 18.0 Å². The average molecular weight is 409 g/mol. The van der Waals surface area contributed by atoms with Crippen LogP contribution in [0.1, 0.15) is 10.9 Å². The first-order valence-electron chi connectivity index (χ1n) is 8.93. The molecule has 1 unspecified atom stereocenters. The number of aliphatic imine (C=N–C) groups is 1. The van der Waals surface area contributed by atoms with Crippen LogP contribution in [0.15, 0.2) is 70.5 Å². The summed E-state index contributed by atoms with van der Waals surface area (Å²) < 4.78 is 17.3. The Bertz CT molecular complexity index is 1080. The van der Waals surface area contributed by atoms with Crippen LogP contribution in [0.5, 0.6) is 11.5 Å². The Labute approximate surface area is 172 Å². The summed E-state index contributed by atoms with van der Waals surface area (Å²) in [5.74, 6) is 2.00. The molecule has 1 aliphatic heterocycles. The van der Waals surface area contributed by atoms with Gasteiger partial charge in [-0.2, -0.15) is 5.10 Å². The van der Waals surface area contributed by atoms with Gasteiger partial charge in [-0.1, -0.05) is 12.1 Å². The van der Waals surface area contributed by atoms with Crippen molar-refractivity contribution >= 4 is 17.9 Å². The summed E-state index contributed by atoms with van der Waals surface area (Å²) in [5, 5.41) is 4.27. The van der Waals surface area contributed by atoms with Crippen LogP contribution >= 0.6 is 12.0 Å². The Morgan fingerprint density at radius 1 is 0.966 bits per heavy atom. The molecular weight excluding hydrogens is 390 g/mol. The Morgan fingerprint density at radius 3 is 2.28 bits per heavy atom. The maximum Gasteiger partial charge on any atom is 0.267 e. The smallest absolute Gasteiger partial charge is 0.267 e. The average Bonchev–Trinajstić information content (AvgIpc) is 3.24. The SMILES string of the molecule is COc1ccc(-c2ccc(=O)n(CC3=NC(c4ccc(OC)cc4)SO3)n2)cc1. The second kappa shape index (κ2) is 8.40. The summed E-state index contributed by atoms with van der Waals surface area (Å²) in [4.78, 5) is 16.8. The molecule has 3 aromatic rings. The summed E-state index contributed by atoms with van der Waals surface area (Å²) in [6.45, 7) is 0.169. The van der Waals surface area contributed by atoms with Gasteiger partial charge in [-0.3, -0.25) is 4.79 Å². The molecule has 2 aromatic carbocycles. The molecule has 0 radical (unpaired) electrons. The highest BCUT2D eigenvalue weighted by Crippen LogP contribution is 2.37. The van der Waals surface area contributed by atoms with Crippen LogP contribution < -0.4 is 15.0 Å². The third kappa shape index (κ3) is 4.27. The van der Waals surface area contributed by atoms with E-state index in [2.05, 4.69) is 10.1 Å². The van der Waals surface area contributed by atoms with E-state index in [0.29, 0.717) is 11.6 Å². The fraction of sp³-hybridized carbons (Fsp3) is 0.190. The summed E-state index contributed by atoms with van der Waals surface area (Å²) in [5.41, 5.74) is 2.36. The van der Waals surface area contributed by atoms with Crippen molar-refractivity contribution < 1.29 is 13.7 Å². The van der Waals surface area contributed by atoms with Crippen LogP contribution in [-0.2, 0) is 10.7 Å². The molecule has 0 saturated heterocycles. The van der Waals surface area contributed by atoms with E-state index in [1.165, 1.54) is 22.8 Å². The van der Waals surface area contributed by atoms with Gasteiger partial charge in [-0.05, 0) is 48.0 Å². The van der Waals surface area contributed by atoms with Crippen molar-refractivity contribution in [2.24, 2.45) is 4.99 Å². The molecule has 0 bridgehead atoms. The molecule has 148 valence electrons. The summed E-state index contributed by atoms with van der Waals surface area (Å²) in [7, 11) is 3.25. The lowest BCUT2D eigenvalue weighted by Crippen LogP contribution is -2.26. The zero-order valence-corrected chi connectivity index (χ0v) is 16.8. The number of hydrogen-bond donors (Lipinski definition) is 0. The highest BCUT2D eigenvalue weighted by molar-refractivity contribution is 7.95. The van der Waals surface area contributed by atoms with E-state index in [0.717, 1.165) is 22.6 Å². The molecule has 7 nitrogen and oxygen atoms in total. The van der Waals surface area contributed by atoms with Crippen LogP contribution in [0.3, 0.4) is 0 Å². The fourth-order valence-corrected chi connectivity index (χ4v) is 3.57. The van der Waals surface area contributed by atoms with Crippen molar-refractivity contribution in [3.63, 3.8) is 0 Å². The summed E-state index contributed by atoms with van der Waals surface area (Å²) in [6.07, 6.45) is 0. The lowest BCUT2D eigenvalue weighted by Gasteiger charge is -2.07. The van der Waals surface area contributed by atoms with E-state index < -0.39 is 0 Å². The van der Waals surface area contributed by atoms with Crippen molar-refractivity contribution in [1.29, 1.82) is 0 Å². The molecule has 0 saturated carbocycles. The van der Waals surface area contributed by atoms with Crippen molar-refractivity contribution in [3.8, 4) is 22.8 Å². The molecule has 0 N–H and O–H groups in total. The van der Waals surface area contributed by atoms with Crippen LogP contribution in [0.25, 0.3) is 11.3 Å². The van der Waals surface area contributed by atoms with Gasteiger partial charge in [0.15, 0.2) is 5.37 Å². The molecule has 1 aliphatic rings. The third-order valence-electron chi connectivity index (χ3n) is 4.44. The molecule has 0 aliphatic carbocycles. The maximum atomic E-state index is 12.3. The van der Waals surface area contributed by atoms with Gasteiger partial charge in [0.25, 0.3) is 5.56 Å². The second-order valence-electron chi connectivity index (χ2n) is 6.27. The van der Waals surface area contributed by atoms with Crippen molar-refractivity contribution in [2.75, 3.05) is 14.2 Å². The maximum absolute atomic E-state index is 12.3. The third-order valence-corrected chi connectivity index (χ3v) is 5.28. The number of ether oxygens (including phenoxy) is 2. The van der Waals surface area contributed by atoms with Gasteiger partial charge in [0.05, 0.1) is 32.0 Å². The molecule has 8 heteroatoms. The Morgan fingerprint density at radius 2 is 1.62 bits per heavy atom. The van der Waals surface area contributed by atoms with E-state index >= 15 is 0 Å². The molecule has 0 amide bonds. The van der Waals surface area contributed by atoms with E-state index in [-0.39, 0.29) is 17.5 Å². The molecule has 0 fully saturated rings. The van der Waals surface area contributed by atoms with E-state index in [1.54, 1.807) is 20.3 Å². The van der Waals surface area contributed by atoms with E-state index in [4.69, 9.17) is 13.7 Å². The molecule has 2 heterocycles. The number of methoxy groups -OCH3 is 2. The number of aromatic nitrogens is 2. The van der Waals surface area contributed by atoms with Crippen LogP contribution in [0, 0.1) is 0 Å². The number of benzene rings is 2. The molecule has 1 aromatic heterocycles.